The lowest BCUT2D eigenvalue weighted by molar-refractivity contribution is -0.0216. The maximum atomic E-state index is 6.36. The van der Waals surface area contributed by atoms with Gasteiger partial charge in [-0.05, 0) is 57.7 Å². The number of hydrogen-bond donors (Lipinski definition) is 1. The molecule has 0 aromatic rings. The molecule has 0 aromatic carbocycles. The molecule has 3 heterocycles. The fourth-order valence-electron chi connectivity index (χ4n) is 4.98. The van der Waals surface area contributed by atoms with Crippen molar-refractivity contribution in [3.05, 3.63) is 0 Å². The van der Waals surface area contributed by atoms with Gasteiger partial charge in [0.2, 0.25) is 0 Å². The average Bonchev–Trinajstić information content (AvgIpc) is 2.70. The lowest BCUT2D eigenvalue weighted by atomic mass is 9.76. The zero-order valence-electron chi connectivity index (χ0n) is 12.6. The Labute approximate surface area is 118 Å². The van der Waals surface area contributed by atoms with Crippen LogP contribution in [0.15, 0.2) is 0 Å². The highest BCUT2D eigenvalue weighted by Crippen LogP contribution is 2.42. The number of hydrogen-bond acceptors (Lipinski definition) is 3. The van der Waals surface area contributed by atoms with Gasteiger partial charge in [0.15, 0.2) is 0 Å². The van der Waals surface area contributed by atoms with Crippen molar-refractivity contribution in [1.29, 1.82) is 0 Å². The Kier molecular flexibility index (Phi) is 4.16. The zero-order valence-corrected chi connectivity index (χ0v) is 12.6. The molecule has 19 heavy (non-hydrogen) atoms. The quantitative estimate of drug-likeness (QED) is 0.848. The minimum atomic E-state index is 0.331. The van der Waals surface area contributed by atoms with Crippen molar-refractivity contribution in [2.45, 2.75) is 63.5 Å². The highest BCUT2D eigenvalue weighted by Gasteiger charge is 2.50. The highest BCUT2D eigenvalue weighted by atomic mass is 15.3. The number of fused-ring (bicyclic) bond motifs is 2. The molecule has 2 bridgehead atoms. The Balaban J connectivity index is 1.86. The van der Waals surface area contributed by atoms with Gasteiger partial charge < -0.3 is 10.6 Å². The highest BCUT2D eigenvalue weighted by molar-refractivity contribution is 5.06. The lowest BCUT2D eigenvalue weighted by Crippen LogP contribution is -2.64. The van der Waals surface area contributed by atoms with Crippen LogP contribution < -0.4 is 5.73 Å². The molecule has 0 amide bonds. The van der Waals surface area contributed by atoms with E-state index in [0.29, 0.717) is 5.54 Å². The molecule has 4 atom stereocenters. The van der Waals surface area contributed by atoms with Crippen LogP contribution in [0, 0.1) is 5.92 Å². The van der Waals surface area contributed by atoms with Gasteiger partial charge in [-0.3, -0.25) is 4.90 Å². The Morgan fingerprint density at radius 3 is 2.79 bits per heavy atom. The van der Waals surface area contributed by atoms with Gasteiger partial charge in [0.25, 0.3) is 0 Å². The Hall–Kier alpha value is -0.120. The summed E-state index contributed by atoms with van der Waals surface area (Å²) >= 11 is 0. The molecular formula is C16H31N3. The molecule has 3 rings (SSSR count). The van der Waals surface area contributed by atoms with E-state index in [0.717, 1.165) is 18.5 Å². The van der Waals surface area contributed by atoms with E-state index in [4.69, 9.17) is 5.73 Å². The third kappa shape index (κ3) is 2.34. The second kappa shape index (κ2) is 5.71. The van der Waals surface area contributed by atoms with Crippen molar-refractivity contribution < 1.29 is 0 Å². The van der Waals surface area contributed by atoms with E-state index in [2.05, 4.69) is 16.7 Å². The standard InChI is InChI=1S/C16H31N3/c1-2-15-6-4-3-5-9-19(15)16(13-17)8-11-18-10-7-14(16)12-18/h14-15H,2-13,17H2,1H3. The van der Waals surface area contributed by atoms with Crippen molar-refractivity contribution in [2.24, 2.45) is 11.7 Å². The van der Waals surface area contributed by atoms with E-state index >= 15 is 0 Å². The summed E-state index contributed by atoms with van der Waals surface area (Å²) in [4.78, 5) is 5.53. The third-order valence-corrected chi connectivity index (χ3v) is 6.17. The summed E-state index contributed by atoms with van der Waals surface area (Å²) in [6, 6.07) is 0.790. The zero-order chi connectivity index (χ0) is 13.3. The van der Waals surface area contributed by atoms with Crippen molar-refractivity contribution in [3.8, 4) is 0 Å². The second-order valence-electron chi connectivity index (χ2n) is 6.95. The van der Waals surface area contributed by atoms with Crippen LogP contribution in [0.4, 0.5) is 0 Å². The maximum absolute atomic E-state index is 6.36. The van der Waals surface area contributed by atoms with Crippen molar-refractivity contribution in [2.75, 3.05) is 32.7 Å². The minimum Gasteiger partial charge on any atom is -0.329 e. The van der Waals surface area contributed by atoms with Crippen molar-refractivity contribution in [3.63, 3.8) is 0 Å². The Morgan fingerprint density at radius 1 is 1.11 bits per heavy atom. The van der Waals surface area contributed by atoms with Crippen LogP contribution in [0.5, 0.6) is 0 Å². The summed E-state index contributed by atoms with van der Waals surface area (Å²) in [5, 5.41) is 0. The summed E-state index contributed by atoms with van der Waals surface area (Å²) in [5.41, 5.74) is 6.69. The van der Waals surface area contributed by atoms with E-state index in [-0.39, 0.29) is 0 Å². The number of nitrogens with two attached hydrogens (primary N) is 1. The molecule has 0 spiro atoms. The average molecular weight is 265 g/mol. The fourth-order valence-corrected chi connectivity index (χ4v) is 4.98. The molecule has 0 radical (unpaired) electrons. The third-order valence-electron chi connectivity index (χ3n) is 6.17. The predicted octanol–water partition coefficient (Wildman–Crippen LogP) is 2.06. The monoisotopic (exact) mass is 265 g/mol. The van der Waals surface area contributed by atoms with Crippen LogP contribution in [0.25, 0.3) is 0 Å². The van der Waals surface area contributed by atoms with Crippen LogP contribution in [0.2, 0.25) is 0 Å². The van der Waals surface area contributed by atoms with Gasteiger partial charge in [0.05, 0.1) is 0 Å². The molecule has 3 heteroatoms. The van der Waals surface area contributed by atoms with Crippen LogP contribution in [-0.4, -0.2) is 54.1 Å². The minimum absolute atomic E-state index is 0.331. The van der Waals surface area contributed by atoms with Crippen LogP contribution >= 0.6 is 0 Å². The topological polar surface area (TPSA) is 32.5 Å². The fraction of sp³-hybridized carbons (Fsp3) is 1.00. The SMILES string of the molecule is CCC1CCCCCN1C1(CN)CCN2CCC1C2. The van der Waals surface area contributed by atoms with Gasteiger partial charge in [-0.25, -0.2) is 0 Å². The first-order valence-electron chi connectivity index (χ1n) is 8.49. The molecule has 0 aromatic heterocycles. The summed E-state index contributed by atoms with van der Waals surface area (Å²) in [6.07, 6.45) is 9.62. The van der Waals surface area contributed by atoms with E-state index in [1.165, 1.54) is 71.1 Å². The summed E-state index contributed by atoms with van der Waals surface area (Å²) in [6.45, 7) is 8.45. The van der Waals surface area contributed by atoms with E-state index in [1.807, 2.05) is 0 Å². The Bertz CT molecular complexity index is 306. The van der Waals surface area contributed by atoms with Gasteiger partial charge in [-0.2, -0.15) is 0 Å². The van der Waals surface area contributed by atoms with E-state index in [1.54, 1.807) is 0 Å². The molecular weight excluding hydrogens is 234 g/mol. The maximum Gasteiger partial charge on any atom is 0.0387 e. The van der Waals surface area contributed by atoms with Gasteiger partial charge in [-0.1, -0.05) is 19.8 Å². The number of rotatable bonds is 3. The molecule has 3 aliphatic heterocycles. The number of piperidine rings is 1. The molecule has 0 aliphatic carbocycles. The van der Waals surface area contributed by atoms with Crippen LogP contribution in [0.1, 0.15) is 51.9 Å². The van der Waals surface area contributed by atoms with Gasteiger partial charge >= 0.3 is 0 Å². The summed E-state index contributed by atoms with van der Waals surface area (Å²) in [5.74, 6) is 0.832. The van der Waals surface area contributed by atoms with Gasteiger partial charge in [0.1, 0.15) is 0 Å². The molecule has 3 nitrogen and oxygen atoms in total. The van der Waals surface area contributed by atoms with Crippen LogP contribution in [-0.2, 0) is 0 Å². The molecule has 2 N–H and O–H groups in total. The first-order valence-corrected chi connectivity index (χ1v) is 8.49. The van der Waals surface area contributed by atoms with E-state index < -0.39 is 0 Å². The van der Waals surface area contributed by atoms with Crippen molar-refractivity contribution in [1.82, 2.24) is 9.80 Å². The number of likely N-dealkylation sites (tertiary alicyclic amines) is 1. The lowest BCUT2D eigenvalue weighted by Gasteiger charge is -2.52. The molecule has 4 unspecified atom stereocenters. The summed E-state index contributed by atoms with van der Waals surface area (Å²) in [7, 11) is 0. The first kappa shape index (κ1) is 13.8. The molecule has 3 aliphatic rings. The second-order valence-corrected chi connectivity index (χ2v) is 6.95. The Morgan fingerprint density at radius 2 is 2.00 bits per heavy atom. The summed E-state index contributed by atoms with van der Waals surface area (Å²) < 4.78 is 0. The molecule has 3 saturated heterocycles. The van der Waals surface area contributed by atoms with Gasteiger partial charge in [-0.15, -0.1) is 0 Å². The van der Waals surface area contributed by atoms with Gasteiger partial charge in [0, 0.05) is 24.7 Å². The predicted molar refractivity (Wildman–Crippen MR) is 80.2 cm³/mol. The molecule has 0 saturated carbocycles. The first-order chi connectivity index (χ1) is 9.30. The largest absolute Gasteiger partial charge is 0.329 e. The van der Waals surface area contributed by atoms with E-state index in [9.17, 15) is 0 Å². The van der Waals surface area contributed by atoms with Crippen LogP contribution in [0.3, 0.4) is 0 Å². The van der Waals surface area contributed by atoms with Crippen molar-refractivity contribution >= 4 is 0 Å². The molecule has 110 valence electrons. The normalized spacial score (nSPS) is 44.2. The smallest absolute Gasteiger partial charge is 0.0387 e. The number of nitrogens with zero attached hydrogens (tertiary/aromatic N) is 2. The molecule has 3 fully saturated rings.